The van der Waals surface area contributed by atoms with Gasteiger partial charge < -0.3 is 4.52 Å². The molecule has 18 heavy (non-hydrogen) atoms. The number of pyridine rings is 1. The fourth-order valence-electron chi connectivity index (χ4n) is 1.72. The molecule has 3 rings (SSSR count). The largest absolute Gasteiger partial charge is 0.334 e. The summed E-state index contributed by atoms with van der Waals surface area (Å²) in [6.07, 6.45) is 3.94. The molecule has 1 aromatic carbocycles. The summed E-state index contributed by atoms with van der Waals surface area (Å²) in [4.78, 5) is 4.38. The van der Waals surface area contributed by atoms with E-state index in [9.17, 15) is 0 Å². The highest BCUT2D eigenvalue weighted by atomic mass is 16.5. The lowest BCUT2D eigenvalue weighted by Gasteiger charge is -1.91. The molecule has 4 nitrogen and oxygen atoms in total. The first kappa shape index (κ1) is 10.7. The molecule has 0 spiro atoms. The van der Waals surface area contributed by atoms with E-state index in [4.69, 9.17) is 4.52 Å². The van der Waals surface area contributed by atoms with Crippen molar-refractivity contribution in [3.05, 3.63) is 66.7 Å². The second kappa shape index (κ2) is 4.79. The molecule has 2 aromatic heterocycles. The van der Waals surface area contributed by atoms with Crippen molar-refractivity contribution in [2.45, 2.75) is 6.54 Å². The Morgan fingerprint density at radius 2 is 1.67 bits per heavy atom. The van der Waals surface area contributed by atoms with Crippen molar-refractivity contribution in [2.75, 3.05) is 0 Å². The van der Waals surface area contributed by atoms with Crippen molar-refractivity contribution < 1.29 is 9.09 Å². The summed E-state index contributed by atoms with van der Waals surface area (Å²) in [5, 5.41) is 3.98. The Labute approximate surface area is 105 Å². The van der Waals surface area contributed by atoms with E-state index in [-0.39, 0.29) is 0 Å². The molecule has 88 valence electrons. The van der Waals surface area contributed by atoms with Crippen LogP contribution in [0.4, 0.5) is 0 Å². The van der Waals surface area contributed by atoms with Crippen LogP contribution in [0.1, 0.15) is 5.82 Å². The van der Waals surface area contributed by atoms with Crippen LogP contribution in [0.25, 0.3) is 11.5 Å². The van der Waals surface area contributed by atoms with Gasteiger partial charge >= 0.3 is 0 Å². The van der Waals surface area contributed by atoms with Gasteiger partial charge in [0.2, 0.25) is 12.4 Å². The van der Waals surface area contributed by atoms with Crippen LogP contribution in [-0.2, 0) is 6.54 Å². The van der Waals surface area contributed by atoms with Gasteiger partial charge in [0, 0.05) is 17.7 Å². The molecular formula is C14H12N3O+. The Bertz CT molecular complexity index is 620. The van der Waals surface area contributed by atoms with Crippen molar-refractivity contribution in [3.63, 3.8) is 0 Å². The van der Waals surface area contributed by atoms with Gasteiger partial charge in [0.1, 0.15) is 0 Å². The normalized spacial score (nSPS) is 10.4. The Morgan fingerprint density at radius 1 is 0.944 bits per heavy atom. The molecule has 0 amide bonds. The molecule has 0 fully saturated rings. The minimum Gasteiger partial charge on any atom is -0.334 e. The van der Waals surface area contributed by atoms with Crippen LogP contribution in [0.15, 0.2) is 65.4 Å². The third-order valence-corrected chi connectivity index (χ3v) is 2.59. The lowest BCUT2D eigenvalue weighted by molar-refractivity contribution is -0.689. The Hall–Kier alpha value is -2.49. The lowest BCUT2D eigenvalue weighted by atomic mass is 10.2. The van der Waals surface area contributed by atoms with Gasteiger partial charge in [-0.25, -0.2) is 0 Å². The van der Waals surface area contributed by atoms with E-state index in [1.807, 2.05) is 65.5 Å². The molecule has 0 unspecified atom stereocenters. The van der Waals surface area contributed by atoms with E-state index >= 15 is 0 Å². The molecule has 0 bridgehead atoms. The SMILES string of the molecule is c1ccc(-c2nc(C[n+]3ccccc3)no2)cc1. The number of benzene rings is 1. The molecule has 0 atom stereocenters. The predicted molar refractivity (Wildman–Crippen MR) is 65.5 cm³/mol. The maximum atomic E-state index is 5.25. The van der Waals surface area contributed by atoms with Gasteiger partial charge in [0.15, 0.2) is 12.4 Å². The maximum absolute atomic E-state index is 5.25. The number of rotatable bonds is 3. The van der Waals surface area contributed by atoms with E-state index < -0.39 is 0 Å². The molecule has 0 saturated carbocycles. The molecule has 0 aliphatic carbocycles. The van der Waals surface area contributed by atoms with Crippen molar-refractivity contribution in [1.82, 2.24) is 10.1 Å². The smallest absolute Gasteiger partial charge is 0.258 e. The third-order valence-electron chi connectivity index (χ3n) is 2.59. The van der Waals surface area contributed by atoms with Crippen LogP contribution in [0.5, 0.6) is 0 Å². The number of aromatic nitrogens is 3. The zero-order valence-electron chi connectivity index (χ0n) is 9.73. The highest BCUT2D eigenvalue weighted by molar-refractivity contribution is 5.51. The molecule has 0 aliphatic heterocycles. The minimum absolute atomic E-state index is 0.558. The van der Waals surface area contributed by atoms with Crippen LogP contribution in [-0.4, -0.2) is 10.1 Å². The summed E-state index contributed by atoms with van der Waals surface area (Å²) in [6.45, 7) is 0.608. The van der Waals surface area contributed by atoms with E-state index in [1.165, 1.54) is 0 Å². The molecule has 3 aromatic rings. The van der Waals surface area contributed by atoms with E-state index in [2.05, 4.69) is 10.1 Å². The van der Waals surface area contributed by atoms with Gasteiger partial charge in [-0.2, -0.15) is 9.55 Å². The first-order valence-corrected chi connectivity index (χ1v) is 5.74. The highest BCUT2D eigenvalue weighted by Gasteiger charge is 2.11. The second-order valence-corrected chi connectivity index (χ2v) is 3.93. The van der Waals surface area contributed by atoms with Gasteiger partial charge in [0.25, 0.3) is 5.89 Å². The highest BCUT2D eigenvalue weighted by Crippen LogP contribution is 2.15. The molecule has 0 N–H and O–H groups in total. The zero-order valence-corrected chi connectivity index (χ0v) is 9.73. The predicted octanol–water partition coefficient (Wildman–Crippen LogP) is 2.07. The second-order valence-electron chi connectivity index (χ2n) is 3.93. The van der Waals surface area contributed by atoms with Gasteiger partial charge in [-0.05, 0) is 12.1 Å². The van der Waals surface area contributed by atoms with E-state index in [1.54, 1.807) is 0 Å². The van der Waals surface area contributed by atoms with Crippen molar-refractivity contribution in [3.8, 4) is 11.5 Å². The molecule has 0 aliphatic rings. The average molecular weight is 238 g/mol. The van der Waals surface area contributed by atoms with Crippen LogP contribution in [0.2, 0.25) is 0 Å². The van der Waals surface area contributed by atoms with Gasteiger partial charge in [-0.1, -0.05) is 29.4 Å². The summed E-state index contributed by atoms with van der Waals surface area (Å²) in [7, 11) is 0. The number of nitrogens with zero attached hydrogens (tertiary/aromatic N) is 3. The van der Waals surface area contributed by atoms with Crippen molar-refractivity contribution >= 4 is 0 Å². The monoisotopic (exact) mass is 238 g/mol. The van der Waals surface area contributed by atoms with E-state index in [0.29, 0.717) is 18.3 Å². The molecule has 0 radical (unpaired) electrons. The fourth-order valence-corrected chi connectivity index (χ4v) is 1.72. The Morgan fingerprint density at radius 3 is 2.44 bits per heavy atom. The van der Waals surface area contributed by atoms with Crippen molar-refractivity contribution in [1.29, 1.82) is 0 Å². The lowest BCUT2D eigenvalue weighted by Crippen LogP contribution is -2.33. The van der Waals surface area contributed by atoms with E-state index in [0.717, 1.165) is 5.56 Å². The van der Waals surface area contributed by atoms with Gasteiger partial charge in [-0.3, -0.25) is 0 Å². The van der Waals surface area contributed by atoms with Crippen molar-refractivity contribution in [2.24, 2.45) is 0 Å². The number of hydrogen-bond acceptors (Lipinski definition) is 3. The van der Waals surface area contributed by atoms with Crippen LogP contribution >= 0.6 is 0 Å². The maximum Gasteiger partial charge on any atom is 0.258 e. The van der Waals surface area contributed by atoms with Gasteiger partial charge in [0.05, 0.1) is 0 Å². The first-order chi connectivity index (χ1) is 8.92. The Kier molecular flexibility index (Phi) is 2.84. The van der Waals surface area contributed by atoms with Crippen LogP contribution in [0, 0.1) is 0 Å². The summed E-state index contributed by atoms with van der Waals surface area (Å²) >= 11 is 0. The van der Waals surface area contributed by atoms with Gasteiger partial charge in [-0.15, -0.1) is 0 Å². The third kappa shape index (κ3) is 2.27. The fraction of sp³-hybridized carbons (Fsp3) is 0.0714. The zero-order chi connectivity index (χ0) is 12.2. The molecule has 2 heterocycles. The topological polar surface area (TPSA) is 42.8 Å². The quantitative estimate of drug-likeness (QED) is 0.656. The number of hydrogen-bond donors (Lipinski definition) is 0. The minimum atomic E-state index is 0.558. The summed E-state index contributed by atoms with van der Waals surface area (Å²) < 4.78 is 7.25. The summed E-state index contributed by atoms with van der Waals surface area (Å²) in [5.41, 5.74) is 0.939. The average Bonchev–Trinajstić information content (AvgIpc) is 2.89. The molecular weight excluding hydrogens is 226 g/mol. The standard InChI is InChI=1S/C14H12N3O/c1-3-7-12(8-4-1)14-15-13(16-18-14)11-17-9-5-2-6-10-17/h1-10H,11H2/q+1. The van der Waals surface area contributed by atoms with Crippen LogP contribution < -0.4 is 4.57 Å². The summed E-state index contributed by atoms with van der Waals surface area (Å²) in [5.74, 6) is 1.23. The Balaban J connectivity index is 1.82. The van der Waals surface area contributed by atoms with Crippen LogP contribution in [0.3, 0.4) is 0 Å². The summed E-state index contributed by atoms with van der Waals surface area (Å²) in [6, 6.07) is 15.7. The molecule has 4 heteroatoms. The molecule has 0 saturated heterocycles. The first-order valence-electron chi connectivity index (χ1n) is 5.74.